The number of hydrogen-bond donors (Lipinski definition) is 1. The second-order valence-corrected chi connectivity index (χ2v) is 5.25. The Kier molecular flexibility index (Phi) is 3.96. The molecule has 0 atom stereocenters. The molecule has 0 radical (unpaired) electrons. The van der Waals surface area contributed by atoms with Crippen molar-refractivity contribution in [2.45, 2.75) is 19.4 Å². The van der Waals surface area contributed by atoms with E-state index in [0.717, 1.165) is 38.3 Å². The van der Waals surface area contributed by atoms with Crippen LogP contribution in [0.5, 0.6) is 0 Å². The summed E-state index contributed by atoms with van der Waals surface area (Å²) >= 11 is 0. The molecular weight excluding hydrogens is 250 g/mol. The average molecular weight is 268 g/mol. The van der Waals surface area contributed by atoms with Gasteiger partial charge < -0.3 is 5.32 Å². The number of carbonyl (C=O) groups is 1. The van der Waals surface area contributed by atoms with Gasteiger partial charge in [-0.05, 0) is 26.0 Å². The number of nitrogens with one attached hydrogen (secondary N) is 1. The molecule has 1 heterocycles. The zero-order valence-corrected chi connectivity index (χ0v) is 11.2. The molecule has 2 rings (SSSR count). The first-order chi connectivity index (χ1) is 8.93. The molecule has 0 aromatic heterocycles. The number of Topliss-reactive ketones (excluding diaryl/α,β-unsaturated/α-hetero) is 1. The number of benzene rings is 1. The van der Waals surface area contributed by atoms with E-state index in [1.54, 1.807) is 13.8 Å². The van der Waals surface area contributed by atoms with Gasteiger partial charge in [-0.15, -0.1) is 0 Å². The Bertz CT molecular complexity index is 482. The van der Waals surface area contributed by atoms with Gasteiger partial charge in [0.2, 0.25) is 0 Å². The van der Waals surface area contributed by atoms with E-state index in [1.807, 2.05) is 4.90 Å². The van der Waals surface area contributed by atoms with Gasteiger partial charge in [-0.3, -0.25) is 9.69 Å². The van der Waals surface area contributed by atoms with E-state index in [-0.39, 0.29) is 11.3 Å². The van der Waals surface area contributed by atoms with Crippen LogP contribution in [-0.2, 0) is 0 Å². The first-order valence-corrected chi connectivity index (χ1v) is 6.38. The van der Waals surface area contributed by atoms with Crippen LogP contribution in [0.3, 0.4) is 0 Å². The summed E-state index contributed by atoms with van der Waals surface area (Å²) in [5.74, 6) is -1.78. The van der Waals surface area contributed by atoms with Gasteiger partial charge in [0, 0.05) is 32.2 Å². The van der Waals surface area contributed by atoms with Crippen molar-refractivity contribution in [3.63, 3.8) is 0 Å². The van der Waals surface area contributed by atoms with Crippen LogP contribution < -0.4 is 5.32 Å². The van der Waals surface area contributed by atoms with E-state index in [0.29, 0.717) is 0 Å². The molecule has 1 N–H and O–H groups in total. The van der Waals surface area contributed by atoms with Crippen LogP contribution in [0.15, 0.2) is 18.2 Å². The quantitative estimate of drug-likeness (QED) is 0.849. The molecule has 1 aliphatic heterocycles. The Hall–Kier alpha value is -1.33. The molecule has 19 heavy (non-hydrogen) atoms. The topological polar surface area (TPSA) is 32.3 Å². The minimum Gasteiger partial charge on any atom is -0.314 e. The lowest BCUT2D eigenvalue weighted by molar-refractivity contribution is 0.0598. The fraction of sp³-hybridized carbons (Fsp3) is 0.500. The number of carbonyl (C=O) groups excluding carboxylic acids is 1. The zero-order valence-electron chi connectivity index (χ0n) is 11.2. The monoisotopic (exact) mass is 268 g/mol. The number of hydrogen-bond acceptors (Lipinski definition) is 3. The van der Waals surface area contributed by atoms with Crippen LogP contribution in [0.4, 0.5) is 8.78 Å². The lowest BCUT2D eigenvalue weighted by Gasteiger charge is -2.40. The van der Waals surface area contributed by atoms with E-state index in [1.165, 1.54) is 6.07 Å². The Morgan fingerprint density at radius 2 is 1.89 bits per heavy atom. The van der Waals surface area contributed by atoms with Gasteiger partial charge in [0.25, 0.3) is 0 Å². The van der Waals surface area contributed by atoms with Crippen molar-refractivity contribution in [3.05, 3.63) is 35.4 Å². The minimum atomic E-state index is -0.798. The molecule has 0 spiro atoms. The maximum atomic E-state index is 13.7. The highest BCUT2D eigenvalue weighted by Gasteiger charge is 2.36. The molecule has 0 amide bonds. The summed E-state index contributed by atoms with van der Waals surface area (Å²) < 4.78 is 26.6. The molecule has 3 nitrogen and oxygen atoms in total. The first kappa shape index (κ1) is 14.1. The van der Waals surface area contributed by atoms with Crippen molar-refractivity contribution < 1.29 is 13.6 Å². The molecular formula is C14H18F2N2O. The first-order valence-electron chi connectivity index (χ1n) is 6.38. The van der Waals surface area contributed by atoms with Gasteiger partial charge in [-0.2, -0.15) is 0 Å². The summed E-state index contributed by atoms with van der Waals surface area (Å²) in [7, 11) is 0. The molecule has 0 saturated carbocycles. The minimum absolute atomic E-state index is 0.0510. The summed E-state index contributed by atoms with van der Waals surface area (Å²) in [6, 6.07) is 3.09. The highest BCUT2D eigenvalue weighted by molar-refractivity contribution is 6.02. The van der Waals surface area contributed by atoms with Gasteiger partial charge in [0.1, 0.15) is 11.6 Å². The molecule has 1 fully saturated rings. The molecule has 0 aliphatic carbocycles. The second-order valence-electron chi connectivity index (χ2n) is 5.25. The third-order valence-electron chi connectivity index (χ3n) is 3.64. The van der Waals surface area contributed by atoms with Gasteiger partial charge in [0.15, 0.2) is 5.78 Å². The normalized spacial score (nSPS) is 17.5. The molecule has 5 heteroatoms. The van der Waals surface area contributed by atoms with E-state index >= 15 is 0 Å². The van der Waals surface area contributed by atoms with Crippen LogP contribution >= 0.6 is 0 Å². The molecule has 0 unspecified atom stereocenters. The van der Waals surface area contributed by atoms with Gasteiger partial charge in [-0.25, -0.2) is 8.78 Å². The molecule has 1 aromatic carbocycles. The SMILES string of the molecule is CC(C)(C(=O)c1ccc(F)cc1F)N1CCNCC1. The third-order valence-corrected chi connectivity index (χ3v) is 3.64. The van der Waals surface area contributed by atoms with Crippen molar-refractivity contribution in [1.29, 1.82) is 0 Å². The van der Waals surface area contributed by atoms with Gasteiger partial charge >= 0.3 is 0 Å². The maximum absolute atomic E-state index is 13.7. The summed E-state index contributed by atoms with van der Waals surface area (Å²) in [5, 5.41) is 3.21. The largest absolute Gasteiger partial charge is 0.314 e. The fourth-order valence-corrected chi connectivity index (χ4v) is 2.37. The standard InChI is InChI=1S/C14H18F2N2O/c1-14(2,18-7-5-17-6-8-18)13(19)11-4-3-10(15)9-12(11)16/h3-4,9,17H,5-8H2,1-2H3. The molecule has 1 aromatic rings. The lowest BCUT2D eigenvalue weighted by Crippen LogP contribution is -2.57. The maximum Gasteiger partial charge on any atom is 0.185 e. The zero-order chi connectivity index (χ0) is 14.0. The number of halogens is 2. The van der Waals surface area contributed by atoms with E-state index < -0.39 is 17.2 Å². The Morgan fingerprint density at radius 1 is 1.26 bits per heavy atom. The number of ketones is 1. The predicted molar refractivity (Wildman–Crippen MR) is 69.2 cm³/mol. The smallest absolute Gasteiger partial charge is 0.185 e. The van der Waals surface area contributed by atoms with Crippen LogP contribution in [0.2, 0.25) is 0 Å². The van der Waals surface area contributed by atoms with Crippen LogP contribution in [0, 0.1) is 11.6 Å². The van der Waals surface area contributed by atoms with Crippen molar-refractivity contribution in [2.24, 2.45) is 0 Å². The van der Waals surface area contributed by atoms with Crippen LogP contribution in [0.1, 0.15) is 24.2 Å². The Labute approximate surface area is 111 Å². The summed E-state index contributed by atoms with van der Waals surface area (Å²) in [6.45, 7) is 6.65. The summed E-state index contributed by atoms with van der Waals surface area (Å²) in [5.41, 5.74) is -0.842. The molecule has 0 bridgehead atoms. The predicted octanol–water partition coefficient (Wildman–Crippen LogP) is 1.83. The summed E-state index contributed by atoms with van der Waals surface area (Å²) in [4.78, 5) is 14.5. The summed E-state index contributed by atoms with van der Waals surface area (Å²) in [6.07, 6.45) is 0. The van der Waals surface area contributed by atoms with Crippen LogP contribution in [0.25, 0.3) is 0 Å². The second kappa shape index (κ2) is 5.35. The Balaban J connectivity index is 2.26. The van der Waals surface area contributed by atoms with Crippen molar-refractivity contribution in [2.75, 3.05) is 26.2 Å². The van der Waals surface area contributed by atoms with E-state index in [4.69, 9.17) is 0 Å². The highest BCUT2D eigenvalue weighted by atomic mass is 19.1. The highest BCUT2D eigenvalue weighted by Crippen LogP contribution is 2.23. The number of rotatable bonds is 3. The molecule has 104 valence electrons. The van der Waals surface area contributed by atoms with E-state index in [2.05, 4.69) is 5.32 Å². The van der Waals surface area contributed by atoms with Gasteiger partial charge in [-0.1, -0.05) is 0 Å². The fourth-order valence-electron chi connectivity index (χ4n) is 2.37. The average Bonchev–Trinajstić information content (AvgIpc) is 2.39. The number of piperazine rings is 1. The molecule has 1 saturated heterocycles. The lowest BCUT2D eigenvalue weighted by atomic mass is 9.90. The van der Waals surface area contributed by atoms with Crippen molar-refractivity contribution in [3.8, 4) is 0 Å². The number of nitrogens with zero attached hydrogens (tertiary/aromatic N) is 1. The third kappa shape index (κ3) is 2.82. The molecule has 1 aliphatic rings. The van der Waals surface area contributed by atoms with Gasteiger partial charge in [0.05, 0.1) is 11.1 Å². The van der Waals surface area contributed by atoms with Crippen molar-refractivity contribution >= 4 is 5.78 Å². The van der Waals surface area contributed by atoms with Crippen LogP contribution in [-0.4, -0.2) is 42.4 Å². The van der Waals surface area contributed by atoms with E-state index in [9.17, 15) is 13.6 Å². The Morgan fingerprint density at radius 3 is 2.47 bits per heavy atom. The van der Waals surface area contributed by atoms with Crippen molar-refractivity contribution in [1.82, 2.24) is 10.2 Å².